The van der Waals surface area contributed by atoms with Crippen LogP contribution < -0.4 is 0 Å². The normalized spacial score (nSPS) is 12.7. The van der Waals surface area contributed by atoms with Gasteiger partial charge in [0, 0.05) is 19.3 Å². The molecule has 78 heavy (non-hydrogen) atoms. The standard InChI is InChI=1S/C72H124O6/c1-4-7-10-13-16-19-22-25-28-30-32-33-34-35-36-37-38-39-40-42-44-47-50-53-56-59-62-65-71(74)77-68-69(67-76-70(73)64-61-58-55-52-49-46-43-27-24-21-18-15-12-9-6-3)78-72(75)66-63-60-57-54-51-48-45-41-31-29-26-23-20-17-14-11-8-5-2/h7,10,16,18-19,21,25,27-29,31-33,35-36,43,69H,4-6,8-9,11-15,17,20,22-24,26,30,34,37-42,44-68H2,1-3H3/b10-7-,19-16-,21-18-,28-25-,31-29-,33-32-,36-35-,43-27-. The van der Waals surface area contributed by atoms with Crippen molar-refractivity contribution in [3.63, 3.8) is 0 Å². The zero-order valence-corrected chi connectivity index (χ0v) is 51.4. The lowest BCUT2D eigenvalue weighted by Gasteiger charge is -2.18. The maximum Gasteiger partial charge on any atom is 0.306 e. The molecule has 1 atom stereocenters. The van der Waals surface area contributed by atoms with Gasteiger partial charge in [-0.15, -0.1) is 0 Å². The molecule has 0 aromatic heterocycles. The number of carbonyl (C=O) groups excluding carboxylic acids is 3. The van der Waals surface area contributed by atoms with E-state index >= 15 is 0 Å². The van der Waals surface area contributed by atoms with Gasteiger partial charge in [-0.05, 0) is 122 Å². The quantitative estimate of drug-likeness (QED) is 0.0261. The fourth-order valence-electron chi connectivity index (χ4n) is 9.32. The van der Waals surface area contributed by atoms with Gasteiger partial charge in [-0.1, -0.05) is 279 Å². The number of rotatable bonds is 60. The zero-order chi connectivity index (χ0) is 56.4. The van der Waals surface area contributed by atoms with Crippen LogP contribution in [0.4, 0.5) is 0 Å². The second kappa shape index (κ2) is 65.8. The van der Waals surface area contributed by atoms with Crippen molar-refractivity contribution in [1.82, 2.24) is 0 Å². The number of allylic oxidation sites excluding steroid dienone is 16. The molecule has 0 radical (unpaired) electrons. The van der Waals surface area contributed by atoms with Crippen molar-refractivity contribution in [2.24, 2.45) is 0 Å². The van der Waals surface area contributed by atoms with Crippen molar-refractivity contribution in [1.29, 1.82) is 0 Å². The second-order valence-electron chi connectivity index (χ2n) is 22.0. The van der Waals surface area contributed by atoms with E-state index < -0.39 is 6.10 Å². The molecule has 0 aliphatic carbocycles. The van der Waals surface area contributed by atoms with Crippen molar-refractivity contribution in [2.75, 3.05) is 13.2 Å². The first-order valence-electron chi connectivity index (χ1n) is 33.2. The van der Waals surface area contributed by atoms with Crippen molar-refractivity contribution >= 4 is 17.9 Å². The van der Waals surface area contributed by atoms with Crippen LogP contribution in [-0.2, 0) is 28.6 Å². The van der Waals surface area contributed by atoms with Gasteiger partial charge in [-0.2, -0.15) is 0 Å². The molecule has 0 heterocycles. The van der Waals surface area contributed by atoms with Crippen LogP contribution in [0.5, 0.6) is 0 Å². The fourth-order valence-corrected chi connectivity index (χ4v) is 9.32. The topological polar surface area (TPSA) is 78.9 Å². The third-order valence-corrected chi connectivity index (χ3v) is 14.3. The molecule has 6 heteroatoms. The third kappa shape index (κ3) is 63.2. The molecule has 0 spiro atoms. The van der Waals surface area contributed by atoms with Crippen LogP contribution in [0.15, 0.2) is 97.2 Å². The molecule has 6 nitrogen and oxygen atoms in total. The predicted octanol–water partition coefficient (Wildman–Crippen LogP) is 22.8. The number of unbranched alkanes of at least 4 members (excludes halogenated alkanes) is 33. The molecule has 0 bridgehead atoms. The number of hydrogen-bond acceptors (Lipinski definition) is 6. The second-order valence-corrected chi connectivity index (χ2v) is 22.0. The van der Waals surface area contributed by atoms with Gasteiger partial charge in [-0.3, -0.25) is 14.4 Å². The van der Waals surface area contributed by atoms with E-state index in [1.54, 1.807) is 0 Å². The minimum absolute atomic E-state index is 0.0841. The largest absolute Gasteiger partial charge is 0.462 e. The first kappa shape index (κ1) is 74.3. The first-order valence-corrected chi connectivity index (χ1v) is 33.2. The summed E-state index contributed by atoms with van der Waals surface area (Å²) in [5, 5.41) is 0. The van der Waals surface area contributed by atoms with Gasteiger partial charge in [0.25, 0.3) is 0 Å². The van der Waals surface area contributed by atoms with Crippen LogP contribution in [0.2, 0.25) is 0 Å². The molecule has 448 valence electrons. The Morgan fingerprint density at radius 2 is 0.500 bits per heavy atom. The zero-order valence-electron chi connectivity index (χ0n) is 51.4. The van der Waals surface area contributed by atoms with Crippen LogP contribution in [0.25, 0.3) is 0 Å². The van der Waals surface area contributed by atoms with Gasteiger partial charge >= 0.3 is 17.9 Å². The Hall–Kier alpha value is -3.67. The van der Waals surface area contributed by atoms with E-state index in [1.165, 1.54) is 173 Å². The van der Waals surface area contributed by atoms with Gasteiger partial charge in [0.15, 0.2) is 6.10 Å². The van der Waals surface area contributed by atoms with Crippen molar-refractivity contribution < 1.29 is 28.6 Å². The van der Waals surface area contributed by atoms with Crippen molar-refractivity contribution in [3.8, 4) is 0 Å². The highest BCUT2D eigenvalue weighted by atomic mass is 16.6. The van der Waals surface area contributed by atoms with Crippen molar-refractivity contribution in [2.45, 2.75) is 329 Å². The van der Waals surface area contributed by atoms with E-state index in [4.69, 9.17) is 14.2 Å². The van der Waals surface area contributed by atoms with Crippen molar-refractivity contribution in [3.05, 3.63) is 97.2 Å². The van der Waals surface area contributed by atoms with Gasteiger partial charge in [0.1, 0.15) is 13.2 Å². The van der Waals surface area contributed by atoms with Crippen LogP contribution in [0.3, 0.4) is 0 Å². The maximum absolute atomic E-state index is 12.9. The molecule has 0 aromatic carbocycles. The highest BCUT2D eigenvalue weighted by Crippen LogP contribution is 2.16. The van der Waals surface area contributed by atoms with Crippen LogP contribution >= 0.6 is 0 Å². The van der Waals surface area contributed by atoms with Crippen LogP contribution in [0, 0.1) is 0 Å². The van der Waals surface area contributed by atoms with Crippen LogP contribution in [-0.4, -0.2) is 37.2 Å². The third-order valence-electron chi connectivity index (χ3n) is 14.3. The minimum atomic E-state index is -0.788. The Balaban J connectivity index is 4.33. The lowest BCUT2D eigenvalue weighted by atomic mass is 10.0. The Kier molecular flexibility index (Phi) is 62.7. The minimum Gasteiger partial charge on any atom is -0.462 e. The van der Waals surface area contributed by atoms with E-state index in [-0.39, 0.29) is 31.1 Å². The van der Waals surface area contributed by atoms with Gasteiger partial charge in [-0.25, -0.2) is 0 Å². The number of esters is 3. The average Bonchev–Trinajstić information content (AvgIpc) is 3.44. The summed E-state index contributed by atoms with van der Waals surface area (Å²) >= 11 is 0. The summed E-state index contributed by atoms with van der Waals surface area (Å²) in [5.41, 5.74) is 0. The number of ether oxygens (including phenoxy) is 3. The maximum atomic E-state index is 12.9. The number of hydrogen-bond donors (Lipinski definition) is 0. The fraction of sp³-hybridized carbons (Fsp3) is 0.736. The molecule has 1 unspecified atom stereocenters. The summed E-state index contributed by atoms with van der Waals surface area (Å²) in [6.07, 6.45) is 88.4. The molecule has 0 amide bonds. The van der Waals surface area contributed by atoms with E-state index in [2.05, 4.69) is 118 Å². The number of carbonyl (C=O) groups is 3. The molecule has 0 aliphatic heterocycles. The molecule has 0 fully saturated rings. The van der Waals surface area contributed by atoms with Gasteiger partial charge < -0.3 is 14.2 Å². The Bertz CT molecular complexity index is 1530. The summed E-state index contributed by atoms with van der Waals surface area (Å²) in [5.74, 6) is -0.893. The molecular weight excluding hydrogens is 961 g/mol. The summed E-state index contributed by atoms with van der Waals surface area (Å²) in [6, 6.07) is 0. The Morgan fingerprint density at radius 3 is 0.821 bits per heavy atom. The lowest BCUT2D eigenvalue weighted by molar-refractivity contribution is -0.167. The molecule has 0 saturated carbocycles. The average molecular weight is 1090 g/mol. The summed E-state index contributed by atoms with van der Waals surface area (Å²) in [6.45, 7) is 6.51. The SMILES string of the molecule is CC/C=C\C/C=C\C/C=C\C/C=C\C/C=C\CCCCCCCCCCCCCC(=O)OCC(COC(=O)CCCCCCC/C=C\C/C=C\CCCCC)OC(=O)CCCCCCCCC/C=C\CCCCCCCCC. The van der Waals surface area contributed by atoms with E-state index in [1.807, 2.05) is 0 Å². The van der Waals surface area contributed by atoms with E-state index in [9.17, 15) is 14.4 Å². The summed E-state index contributed by atoms with van der Waals surface area (Å²) in [4.78, 5) is 38.4. The van der Waals surface area contributed by atoms with E-state index in [0.29, 0.717) is 19.3 Å². The Morgan fingerprint density at radius 1 is 0.269 bits per heavy atom. The highest BCUT2D eigenvalue weighted by molar-refractivity contribution is 5.71. The first-order chi connectivity index (χ1) is 38.5. The van der Waals surface area contributed by atoms with Gasteiger partial charge in [0.05, 0.1) is 0 Å². The summed E-state index contributed by atoms with van der Waals surface area (Å²) in [7, 11) is 0. The highest BCUT2D eigenvalue weighted by Gasteiger charge is 2.19. The molecule has 0 saturated heterocycles. The molecule has 0 N–H and O–H groups in total. The smallest absolute Gasteiger partial charge is 0.306 e. The van der Waals surface area contributed by atoms with Crippen LogP contribution in [0.1, 0.15) is 323 Å². The monoisotopic (exact) mass is 1080 g/mol. The molecule has 0 aliphatic rings. The molecule has 0 rings (SSSR count). The molecule has 0 aromatic rings. The predicted molar refractivity (Wildman–Crippen MR) is 339 cm³/mol. The lowest BCUT2D eigenvalue weighted by Crippen LogP contribution is -2.30. The Labute approximate surface area is 483 Å². The summed E-state index contributed by atoms with van der Waals surface area (Å²) < 4.78 is 16.9. The molecular formula is C72H124O6. The van der Waals surface area contributed by atoms with Gasteiger partial charge in [0.2, 0.25) is 0 Å². The van der Waals surface area contributed by atoms with E-state index in [0.717, 1.165) is 109 Å².